The third kappa shape index (κ3) is 3.66. The molecule has 2 rings (SSSR count). The molecule has 0 saturated carbocycles. The molecule has 0 aliphatic heterocycles. The van der Waals surface area contributed by atoms with Gasteiger partial charge in [-0.2, -0.15) is 0 Å². The lowest BCUT2D eigenvalue weighted by Gasteiger charge is -2.11. The van der Waals surface area contributed by atoms with Crippen LogP contribution in [0.4, 0.5) is 9.18 Å². The van der Waals surface area contributed by atoms with Gasteiger partial charge >= 0.3 is 6.09 Å². The first-order valence-electron chi connectivity index (χ1n) is 6.59. The normalized spacial score (nSPS) is 12.3. The van der Waals surface area contributed by atoms with Gasteiger partial charge in [0.05, 0.1) is 22.9 Å². The van der Waals surface area contributed by atoms with Gasteiger partial charge in [-0.05, 0) is 31.5 Å². The van der Waals surface area contributed by atoms with Crippen LogP contribution in [0.3, 0.4) is 0 Å². The molecule has 1 N–H and O–H groups in total. The van der Waals surface area contributed by atoms with E-state index < -0.39 is 6.09 Å². The average molecular weight is 296 g/mol. The van der Waals surface area contributed by atoms with Crippen molar-refractivity contribution in [1.82, 2.24) is 10.3 Å². The highest BCUT2D eigenvalue weighted by Crippen LogP contribution is 2.26. The Labute approximate surface area is 121 Å². The van der Waals surface area contributed by atoms with Crippen molar-refractivity contribution in [3.8, 4) is 0 Å². The molecule has 0 saturated heterocycles. The number of carbonyl (C=O) groups is 1. The van der Waals surface area contributed by atoms with Crippen molar-refractivity contribution in [3.63, 3.8) is 0 Å². The Morgan fingerprint density at radius 2 is 2.35 bits per heavy atom. The van der Waals surface area contributed by atoms with Crippen LogP contribution in [0.15, 0.2) is 18.2 Å². The number of carbonyl (C=O) groups excluding carboxylic acids is 1. The van der Waals surface area contributed by atoms with E-state index in [-0.39, 0.29) is 11.9 Å². The molecule has 1 aromatic heterocycles. The lowest BCUT2D eigenvalue weighted by molar-refractivity contribution is 0.141. The minimum absolute atomic E-state index is 0.260. The van der Waals surface area contributed by atoms with Crippen molar-refractivity contribution in [2.75, 3.05) is 6.61 Å². The van der Waals surface area contributed by atoms with Crippen LogP contribution in [0.5, 0.6) is 0 Å². The van der Waals surface area contributed by atoms with Gasteiger partial charge in [0.1, 0.15) is 10.8 Å². The molecule has 0 bridgehead atoms. The van der Waals surface area contributed by atoms with E-state index in [2.05, 4.69) is 10.3 Å². The fraction of sp³-hybridized carbons (Fsp3) is 0.429. The molecule has 0 aliphatic carbocycles. The monoisotopic (exact) mass is 296 g/mol. The summed E-state index contributed by atoms with van der Waals surface area (Å²) in [6.45, 7) is 4.28. The highest BCUT2D eigenvalue weighted by Gasteiger charge is 2.15. The van der Waals surface area contributed by atoms with Crippen molar-refractivity contribution >= 4 is 27.6 Å². The fourth-order valence-corrected chi connectivity index (χ4v) is 2.69. The summed E-state index contributed by atoms with van der Waals surface area (Å²) in [5.41, 5.74) is 0.736. The first-order valence-corrected chi connectivity index (χ1v) is 7.41. The summed E-state index contributed by atoms with van der Waals surface area (Å²) >= 11 is 1.37. The Kier molecular flexibility index (Phi) is 4.89. The Morgan fingerprint density at radius 3 is 3.10 bits per heavy atom. The van der Waals surface area contributed by atoms with Gasteiger partial charge in [-0.1, -0.05) is 13.3 Å². The molecule has 1 amide bonds. The Bertz CT molecular complexity index is 600. The molecule has 0 radical (unpaired) electrons. The zero-order valence-corrected chi connectivity index (χ0v) is 12.3. The fourth-order valence-electron chi connectivity index (χ4n) is 1.69. The molecule has 1 aromatic carbocycles. The van der Waals surface area contributed by atoms with Gasteiger partial charge < -0.3 is 10.1 Å². The molecule has 1 atom stereocenters. The summed E-state index contributed by atoms with van der Waals surface area (Å²) < 4.78 is 18.9. The second kappa shape index (κ2) is 6.65. The zero-order valence-electron chi connectivity index (χ0n) is 11.5. The number of hydrogen-bond acceptors (Lipinski definition) is 4. The molecule has 6 heteroatoms. The highest BCUT2D eigenvalue weighted by molar-refractivity contribution is 7.18. The first kappa shape index (κ1) is 14.7. The topological polar surface area (TPSA) is 51.2 Å². The number of unbranched alkanes of at least 4 members (excludes halogenated alkanes) is 1. The van der Waals surface area contributed by atoms with E-state index in [0.29, 0.717) is 6.61 Å². The van der Waals surface area contributed by atoms with Gasteiger partial charge in [0.2, 0.25) is 0 Å². The maximum absolute atomic E-state index is 13.1. The van der Waals surface area contributed by atoms with Crippen molar-refractivity contribution in [3.05, 3.63) is 29.0 Å². The third-order valence-electron chi connectivity index (χ3n) is 2.80. The van der Waals surface area contributed by atoms with Gasteiger partial charge in [0.15, 0.2) is 0 Å². The molecular formula is C14H17FN2O2S. The van der Waals surface area contributed by atoms with Crippen molar-refractivity contribution < 1.29 is 13.9 Å². The van der Waals surface area contributed by atoms with Gasteiger partial charge in [0, 0.05) is 0 Å². The van der Waals surface area contributed by atoms with Gasteiger partial charge in [-0.15, -0.1) is 11.3 Å². The van der Waals surface area contributed by atoms with E-state index in [4.69, 9.17) is 4.74 Å². The van der Waals surface area contributed by atoms with Crippen LogP contribution >= 0.6 is 11.3 Å². The number of halogens is 1. The number of amides is 1. The molecule has 20 heavy (non-hydrogen) atoms. The average Bonchev–Trinajstić information content (AvgIpc) is 2.82. The van der Waals surface area contributed by atoms with E-state index in [1.165, 1.54) is 23.5 Å². The number of fused-ring (bicyclic) bond motifs is 1. The van der Waals surface area contributed by atoms with Gasteiger partial charge in [-0.25, -0.2) is 14.2 Å². The standard InChI is InChI=1S/C14H17FN2O2S/c1-3-4-7-19-14(18)16-9(2)13-17-11-6-5-10(15)8-12(11)20-13/h5-6,8-9H,3-4,7H2,1-2H3,(H,16,18). The van der Waals surface area contributed by atoms with Crippen LogP contribution in [0.1, 0.15) is 37.7 Å². The molecule has 0 fully saturated rings. The predicted molar refractivity (Wildman–Crippen MR) is 77.4 cm³/mol. The quantitative estimate of drug-likeness (QED) is 0.848. The molecular weight excluding hydrogens is 279 g/mol. The maximum atomic E-state index is 13.1. The zero-order chi connectivity index (χ0) is 14.5. The van der Waals surface area contributed by atoms with Crippen LogP contribution in [0, 0.1) is 5.82 Å². The number of thiazole rings is 1. The molecule has 0 spiro atoms. The minimum atomic E-state index is -0.448. The summed E-state index contributed by atoms with van der Waals surface area (Å²) in [6.07, 6.45) is 1.38. The van der Waals surface area contributed by atoms with Gasteiger partial charge in [-0.3, -0.25) is 0 Å². The van der Waals surface area contributed by atoms with Crippen LogP contribution < -0.4 is 5.32 Å². The summed E-state index contributed by atoms with van der Waals surface area (Å²) in [7, 11) is 0. The Hall–Kier alpha value is -1.69. The van der Waals surface area contributed by atoms with Crippen molar-refractivity contribution in [1.29, 1.82) is 0 Å². The molecule has 1 heterocycles. The lowest BCUT2D eigenvalue weighted by atomic mass is 10.3. The largest absolute Gasteiger partial charge is 0.450 e. The van der Waals surface area contributed by atoms with Gasteiger partial charge in [0.25, 0.3) is 0 Å². The number of nitrogens with zero attached hydrogens (tertiary/aromatic N) is 1. The molecule has 1 unspecified atom stereocenters. The molecule has 2 aromatic rings. The number of benzene rings is 1. The number of rotatable bonds is 5. The van der Waals surface area contributed by atoms with E-state index in [9.17, 15) is 9.18 Å². The van der Waals surface area contributed by atoms with E-state index in [0.717, 1.165) is 28.1 Å². The second-order valence-electron chi connectivity index (χ2n) is 4.52. The molecule has 4 nitrogen and oxygen atoms in total. The first-order chi connectivity index (χ1) is 9.60. The van der Waals surface area contributed by atoms with Crippen LogP contribution in [0.25, 0.3) is 10.2 Å². The number of hydrogen-bond donors (Lipinski definition) is 1. The molecule has 108 valence electrons. The summed E-state index contributed by atoms with van der Waals surface area (Å²) in [5, 5.41) is 3.46. The number of nitrogens with one attached hydrogen (secondary N) is 1. The maximum Gasteiger partial charge on any atom is 0.407 e. The van der Waals surface area contributed by atoms with Crippen LogP contribution in [0.2, 0.25) is 0 Å². The van der Waals surface area contributed by atoms with E-state index in [1.54, 1.807) is 6.07 Å². The Balaban J connectivity index is 2.00. The van der Waals surface area contributed by atoms with Crippen molar-refractivity contribution in [2.45, 2.75) is 32.7 Å². The lowest BCUT2D eigenvalue weighted by Crippen LogP contribution is -2.27. The third-order valence-corrected chi connectivity index (χ3v) is 4.00. The highest BCUT2D eigenvalue weighted by atomic mass is 32.1. The number of alkyl carbamates (subject to hydrolysis) is 1. The van der Waals surface area contributed by atoms with Crippen LogP contribution in [-0.4, -0.2) is 17.7 Å². The summed E-state index contributed by atoms with van der Waals surface area (Å²) in [4.78, 5) is 15.9. The number of ether oxygens (including phenoxy) is 1. The second-order valence-corrected chi connectivity index (χ2v) is 5.58. The number of aromatic nitrogens is 1. The van der Waals surface area contributed by atoms with Crippen LogP contribution in [-0.2, 0) is 4.74 Å². The SMILES string of the molecule is CCCCOC(=O)NC(C)c1nc2ccc(F)cc2s1. The van der Waals surface area contributed by atoms with Crippen molar-refractivity contribution in [2.24, 2.45) is 0 Å². The Morgan fingerprint density at radius 1 is 1.55 bits per heavy atom. The van der Waals surface area contributed by atoms with E-state index >= 15 is 0 Å². The predicted octanol–water partition coefficient (Wildman–Crippen LogP) is 4.02. The molecule has 0 aliphatic rings. The summed E-state index contributed by atoms with van der Waals surface area (Å²) in [5.74, 6) is -0.285. The summed E-state index contributed by atoms with van der Waals surface area (Å²) in [6, 6.07) is 4.20. The van der Waals surface area contributed by atoms with E-state index in [1.807, 2.05) is 13.8 Å². The minimum Gasteiger partial charge on any atom is -0.450 e. The smallest absolute Gasteiger partial charge is 0.407 e.